The maximum atomic E-state index is 10.7. The predicted molar refractivity (Wildman–Crippen MR) is 60.0 cm³/mol. The van der Waals surface area contributed by atoms with E-state index in [-0.39, 0.29) is 5.69 Å². The first-order chi connectivity index (χ1) is 8.20. The van der Waals surface area contributed by atoms with Crippen LogP contribution < -0.4 is 11.3 Å². The molecule has 2 rings (SSSR count). The fraction of sp³-hybridized carbons (Fsp3) is 0.111. The molecule has 1 aromatic carbocycles. The Balaban J connectivity index is 2.35. The molecule has 0 aliphatic heterocycles. The van der Waals surface area contributed by atoms with E-state index in [0.29, 0.717) is 17.8 Å². The molecule has 3 N–H and O–H groups in total. The molecule has 8 nitrogen and oxygen atoms in total. The van der Waals surface area contributed by atoms with E-state index in [0.717, 1.165) is 0 Å². The lowest BCUT2D eigenvalue weighted by Gasteiger charge is -2.08. The van der Waals surface area contributed by atoms with Gasteiger partial charge in [-0.3, -0.25) is 16.0 Å². The molecule has 0 amide bonds. The van der Waals surface area contributed by atoms with Crippen molar-refractivity contribution in [3.63, 3.8) is 0 Å². The van der Waals surface area contributed by atoms with Crippen molar-refractivity contribution >= 4 is 11.4 Å². The summed E-state index contributed by atoms with van der Waals surface area (Å²) in [6.45, 7) is 0.362. The summed E-state index contributed by atoms with van der Waals surface area (Å²) in [6, 6.07) is 4.40. The number of nitrogens with zero attached hydrogens (tertiary/aromatic N) is 4. The van der Waals surface area contributed by atoms with Crippen LogP contribution in [0.3, 0.4) is 0 Å². The van der Waals surface area contributed by atoms with Gasteiger partial charge in [-0.05, 0) is 6.07 Å². The number of nitrogens with one attached hydrogen (secondary N) is 1. The largest absolute Gasteiger partial charge is 0.324 e. The van der Waals surface area contributed by atoms with Crippen LogP contribution in [0.2, 0.25) is 0 Å². The molecular weight excluding hydrogens is 224 g/mol. The van der Waals surface area contributed by atoms with Crippen molar-refractivity contribution < 1.29 is 4.92 Å². The number of hydrogen-bond donors (Lipinski definition) is 2. The van der Waals surface area contributed by atoms with E-state index < -0.39 is 4.92 Å². The summed E-state index contributed by atoms with van der Waals surface area (Å²) in [7, 11) is 0. The fourth-order valence-electron chi connectivity index (χ4n) is 1.45. The first-order valence-electron chi connectivity index (χ1n) is 4.77. The van der Waals surface area contributed by atoms with E-state index in [1.54, 1.807) is 10.7 Å². The number of nitro groups is 1. The molecule has 0 unspecified atom stereocenters. The van der Waals surface area contributed by atoms with Gasteiger partial charge in [0.25, 0.3) is 5.69 Å². The molecule has 0 bridgehead atoms. The van der Waals surface area contributed by atoms with Crippen LogP contribution in [0.1, 0.15) is 5.56 Å². The first-order valence-corrected chi connectivity index (χ1v) is 4.77. The van der Waals surface area contributed by atoms with Crippen LogP contribution in [-0.2, 0) is 6.54 Å². The number of nitro benzene ring substituents is 1. The molecule has 0 fully saturated rings. The highest BCUT2D eigenvalue weighted by atomic mass is 16.6. The maximum absolute atomic E-state index is 10.7. The second kappa shape index (κ2) is 4.58. The number of hydrogen-bond acceptors (Lipinski definition) is 6. The lowest BCUT2D eigenvalue weighted by atomic mass is 10.1. The number of nitrogens with two attached hydrogens (primary N) is 1. The SMILES string of the molecule is NNc1ccc([N+](=O)[O-])cc1Cn1cncn1. The zero-order chi connectivity index (χ0) is 12.3. The molecule has 0 aliphatic carbocycles. The van der Waals surface area contributed by atoms with Crippen molar-refractivity contribution in [2.24, 2.45) is 5.84 Å². The van der Waals surface area contributed by atoms with Crippen LogP contribution >= 0.6 is 0 Å². The van der Waals surface area contributed by atoms with E-state index in [2.05, 4.69) is 15.5 Å². The lowest BCUT2D eigenvalue weighted by molar-refractivity contribution is -0.384. The molecule has 0 radical (unpaired) electrons. The van der Waals surface area contributed by atoms with E-state index >= 15 is 0 Å². The predicted octanol–water partition coefficient (Wildman–Crippen LogP) is 0.520. The molecule has 0 saturated heterocycles. The second-order valence-corrected chi connectivity index (χ2v) is 3.34. The summed E-state index contributed by atoms with van der Waals surface area (Å²) >= 11 is 0. The van der Waals surface area contributed by atoms with E-state index in [1.165, 1.54) is 24.8 Å². The molecule has 88 valence electrons. The number of anilines is 1. The van der Waals surface area contributed by atoms with Crippen molar-refractivity contribution in [3.05, 3.63) is 46.5 Å². The van der Waals surface area contributed by atoms with Gasteiger partial charge in [-0.2, -0.15) is 5.10 Å². The standard InChI is InChI=1S/C9H10N6O2/c10-13-9-2-1-8(15(16)17)3-7(9)4-14-6-11-5-12-14/h1-3,5-6,13H,4,10H2. The Morgan fingerprint density at radius 1 is 1.53 bits per heavy atom. The number of aromatic nitrogens is 3. The van der Waals surface area contributed by atoms with Gasteiger partial charge >= 0.3 is 0 Å². The topological polar surface area (TPSA) is 112 Å². The molecule has 0 spiro atoms. The Bertz CT molecular complexity index is 524. The molecule has 0 atom stereocenters. The minimum Gasteiger partial charge on any atom is -0.324 e. The average molecular weight is 234 g/mol. The number of non-ortho nitro benzene ring substituents is 1. The average Bonchev–Trinajstić information content (AvgIpc) is 2.81. The van der Waals surface area contributed by atoms with Crippen LogP contribution in [0.4, 0.5) is 11.4 Å². The normalized spacial score (nSPS) is 10.2. The summed E-state index contributed by atoms with van der Waals surface area (Å²) in [5.74, 6) is 5.34. The van der Waals surface area contributed by atoms with Gasteiger partial charge in [0.05, 0.1) is 17.2 Å². The van der Waals surface area contributed by atoms with Gasteiger partial charge in [-0.25, -0.2) is 9.67 Å². The smallest absolute Gasteiger partial charge is 0.269 e. The van der Waals surface area contributed by atoms with Crippen molar-refractivity contribution in [1.29, 1.82) is 0 Å². The molecule has 2 aromatic rings. The summed E-state index contributed by atoms with van der Waals surface area (Å²) in [4.78, 5) is 14.0. The zero-order valence-electron chi connectivity index (χ0n) is 8.78. The first kappa shape index (κ1) is 11.0. The minimum absolute atomic E-state index is 0.0131. The van der Waals surface area contributed by atoms with Crippen molar-refractivity contribution in [2.75, 3.05) is 5.43 Å². The highest BCUT2D eigenvalue weighted by molar-refractivity contribution is 5.55. The summed E-state index contributed by atoms with van der Waals surface area (Å²) in [6.07, 6.45) is 2.92. The molecule has 8 heteroatoms. The van der Waals surface area contributed by atoms with Crippen molar-refractivity contribution in [1.82, 2.24) is 14.8 Å². The van der Waals surface area contributed by atoms with E-state index in [9.17, 15) is 10.1 Å². The van der Waals surface area contributed by atoms with E-state index in [4.69, 9.17) is 5.84 Å². The third-order valence-electron chi connectivity index (χ3n) is 2.25. The Hall–Kier alpha value is -2.48. The number of nitrogen functional groups attached to an aromatic ring is 1. The minimum atomic E-state index is -0.453. The van der Waals surface area contributed by atoms with Crippen LogP contribution in [-0.4, -0.2) is 19.7 Å². The van der Waals surface area contributed by atoms with Gasteiger partial charge in [-0.1, -0.05) is 0 Å². The van der Waals surface area contributed by atoms with Gasteiger partial charge in [0.2, 0.25) is 0 Å². The molecule has 1 heterocycles. The summed E-state index contributed by atoms with van der Waals surface area (Å²) in [5, 5.41) is 14.6. The van der Waals surface area contributed by atoms with Crippen LogP contribution in [0.5, 0.6) is 0 Å². The Kier molecular flexibility index (Phi) is 2.97. The number of rotatable bonds is 4. The molecule has 1 aromatic heterocycles. The fourth-order valence-corrected chi connectivity index (χ4v) is 1.45. The van der Waals surface area contributed by atoms with Gasteiger partial charge in [0.15, 0.2) is 0 Å². The molecule has 0 aliphatic rings. The van der Waals surface area contributed by atoms with Crippen LogP contribution in [0, 0.1) is 10.1 Å². The lowest BCUT2D eigenvalue weighted by Crippen LogP contribution is -2.11. The highest BCUT2D eigenvalue weighted by Gasteiger charge is 2.10. The Labute approximate surface area is 96.2 Å². The van der Waals surface area contributed by atoms with E-state index in [1.807, 2.05) is 0 Å². The van der Waals surface area contributed by atoms with Gasteiger partial charge in [0, 0.05) is 17.7 Å². The van der Waals surface area contributed by atoms with Crippen LogP contribution in [0.25, 0.3) is 0 Å². The quantitative estimate of drug-likeness (QED) is 0.453. The molecular formula is C9H10N6O2. The van der Waals surface area contributed by atoms with Crippen molar-refractivity contribution in [3.8, 4) is 0 Å². The Morgan fingerprint density at radius 3 is 2.94 bits per heavy atom. The third-order valence-corrected chi connectivity index (χ3v) is 2.25. The highest BCUT2D eigenvalue weighted by Crippen LogP contribution is 2.21. The third kappa shape index (κ3) is 2.37. The van der Waals surface area contributed by atoms with Gasteiger partial charge in [-0.15, -0.1) is 0 Å². The number of hydrazine groups is 1. The molecule has 17 heavy (non-hydrogen) atoms. The summed E-state index contributed by atoms with van der Waals surface area (Å²) < 4.78 is 1.56. The Morgan fingerprint density at radius 2 is 2.35 bits per heavy atom. The van der Waals surface area contributed by atoms with Gasteiger partial charge < -0.3 is 5.43 Å². The second-order valence-electron chi connectivity index (χ2n) is 3.34. The molecule has 0 saturated carbocycles. The summed E-state index contributed by atoms with van der Waals surface area (Å²) in [5.41, 5.74) is 3.79. The van der Waals surface area contributed by atoms with Crippen LogP contribution in [0.15, 0.2) is 30.9 Å². The monoisotopic (exact) mass is 234 g/mol. The van der Waals surface area contributed by atoms with Gasteiger partial charge in [0.1, 0.15) is 12.7 Å². The maximum Gasteiger partial charge on any atom is 0.269 e. The zero-order valence-corrected chi connectivity index (χ0v) is 8.78. The number of benzene rings is 1. The van der Waals surface area contributed by atoms with Crippen molar-refractivity contribution in [2.45, 2.75) is 6.54 Å².